The normalized spacial score (nSPS) is 22.5. The summed E-state index contributed by atoms with van der Waals surface area (Å²) in [4.78, 5) is 0. The van der Waals surface area contributed by atoms with Crippen LogP contribution in [-0.2, 0) is 54.8 Å². The first kappa shape index (κ1) is 37.8. The van der Waals surface area contributed by atoms with Crippen molar-refractivity contribution in [2.24, 2.45) is 0 Å². The van der Waals surface area contributed by atoms with Gasteiger partial charge in [-0.1, -0.05) is 142 Å². The van der Waals surface area contributed by atoms with Crippen molar-refractivity contribution in [3.05, 3.63) is 144 Å². The first-order valence-electron chi connectivity index (χ1n) is 17.8. The molecule has 0 amide bonds. The van der Waals surface area contributed by atoms with Gasteiger partial charge in [-0.25, -0.2) is 0 Å². The molecule has 1 aliphatic heterocycles. The number of ether oxygens (including phenoxy) is 6. The summed E-state index contributed by atoms with van der Waals surface area (Å²) >= 11 is 0. The van der Waals surface area contributed by atoms with E-state index < -0.39 is 49.0 Å². The Bertz CT molecular complexity index is 1460. The minimum absolute atomic E-state index is 0.0425. The molecule has 0 saturated carbocycles. The summed E-state index contributed by atoms with van der Waals surface area (Å²) in [7, 11) is 0. The number of rotatable bonds is 20. The molecule has 0 spiro atoms. The average molecular weight is 685 g/mol. The van der Waals surface area contributed by atoms with Crippen LogP contribution in [0.5, 0.6) is 0 Å². The molecule has 0 bridgehead atoms. The summed E-state index contributed by atoms with van der Waals surface area (Å²) < 4.78 is 38.9. The average Bonchev–Trinajstić information content (AvgIpc) is 3.16. The van der Waals surface area contributed by atoms with E-state index in [4.69, 9.17) is 28.4 Å². The molecule has 1 aliphatic rings. The largest absolute Gasteiger partial charge is 0.390 e. The molecular formula is C42H52O8. The van der Waals surface area contributed by atoms with E-state index in [0.29, 0.717) is 32.7 Å². The highest BCUT2D eigenvalue weighted by atomic mass is 16.7. The quantitative estimate of drug-likeness (QED) is 0.103. The van der Waals surface area contributed by atoms with Crippen molar-refractivity contribution < 1.29 is 38.6 Å². The minimum Gasteiger partial charge on any atom is -0.390 e. The summed E-state index contributed by atoms with van der Waals surface area (Å²) in [5, 5.41) is 22.9. The number of hydrogen-bond acceptors (Lipinski definition) is 8. The molecular weight excluding hydrogens is 632 g/mol. The van der Waals surface area contributed by atoms with Crippen LogP contribution in [0.4, 0.5) is 0 Å². The fourth-order valence-corrected chi connectivity index (χ4v) is 6.16. The number of hydrogen-bond donors (Lipinski definition) is 2. The third-order valence-corrected chi connectivity index (χ3v) is 8.94. The molecule has 5 rings (SSSR count). The predicted octanol–water partition coefficient (Wildman–Crippen LogP) is 7.00. The van der Waals surface area contributed by atoms with E-state index in [9.17, 15) is 10.2 Å². The van der Waals surface area contributed by atoms with Crippen molar-refractivity contribution in [2.45, 2.75) is 109 Å². The Morgan fingerprint density at radius 1 is 0.600 bits per heavy atom. The van der Waals surface area contributed by atoms with Gasteiger partial charge in [-0.3, -0.25) is 0 Å². The second-order valence-corrected chi connectivity index (χ2v) is 12.7. The molecule has 8 atom stereocenters. The standard InChI is InChI=1S/C42H52O8/c1-3-17-35(43)39(46-27-32-20-11-6-12-21-32)37(45-26-31-18-9-5-10-19-31)30-49-42-41(48-29-34-24-15-8-16-25-34)40(38(44)36(4-2)50-42)47-28-33-22-13-7-14-23-33/h5-16,18-25,35-44H,3-4,17,26-30H2,1-2H3/t35-,36?,37?,38-,39+,40+,41?,42-/m1/s1. The van der Waals surface area contributed by atoms with Crippen LogP contribution in [0.2, 0.25) is 0 Å². The van der Waals surface area contributed by atoms with Gasteiger partial charge in [0.05, 0.1) is 45.2 Å². The van der Waals surface area contributed by atoms with Crippen molar-refractivity contribution in [1.29, 1.82) is 0 Å². The van der Waals surface area contributed by atoms with Crippen LogP contribution in [-0.4, -0.2) is 65.8 Å². The Morgan fingerprint density at radius 2 is 1.06 bits per heavy atom. The molecule has 1 heterocycles. The molecule has 8 heteroatoms. The highest BCUT2D eigenvalue weighted by Crippen LogP contribution is 2.31. The maximum atomic E-state index is 11.5. The maximum Gasteiger partial charge on any atom is 0.186 e. The summed E-state index contributed by atoms with van der Waals surface area (Å²) in [6.45, 7) is 5.21. The Hall–Kier alpha value is -3.44. The van der Waals surface area contributed by atoms with Gasteiger partial charge in [-0.15, -0.1) is 0 Å². The molecule has 0 aromatic heterocycles. The molecule has 1 saturated heterocycles. The fourth-order valence-electron chi connectivity index (χ4n) is 6.16. The molecule has 50 heavy (non-hydrogen) atoms. The lowest BCUT2D eigenvalue weighted by Crippen LogP contribution is -2.60. The third-order valence-electron chi connectivity index (χ3n) is 8.94. The van der Waals surface area contributed by atoms with Gasteiger partial charge in [0.2, 0.25) is 0 Å². The summed E-state index contributed by atoms with van der Waals surface area (Å²) in [6.07, 6.45) is -4.17. The lowest BCUT2D eigenvalue weighted by molar-refractivity contribution is -0.322. The Balaban J connectivity index is 1.39. The van der Waals surface area contributed by atoms with Crippen LogP contribution in [0.15, 0.2) is 121 Å². The van der Waals surface area contributed by atoms with Gasteiger partial charge < -0.3 is 38.6 Å². The van der Waals surface area contributed by atoms with Crippen molar-refractivity contribution in [1.82, 2.24) is 0 Å². The molecule has 4 aromatic carbocycles. The molecule has 4 aromatic rings. The van der Waals surface area contributed by atoms with E-state index in [-0.39, 0.29) is 13.2 Å². The SMILES string of the molecule is CCC[C@@H](O)[C@H](OCc1ccccc1)C(CO[C@@H]1OC(CC)[C@@H](O)[C@H](OCc2ccccc2)C1OCc1ccccc1)OCc1ccccc1. The van der Waals surface area contributed by atoms with Gasteiger partial charge in [0.15, 0.2) is 6.29 Å². The molecule has 1 fully saturated rings. The Morgan fingerprint density at radius 3 is 1.54 bits per heavy atom. The second-order valence-electron chi connectivity index (χ2n) is 12.7. The van der Waals surface area contributed by atoms with Crippen LogP contribution in [0, 0.1) is 0 Å². The van der Waals surface area contributed by atoms with E-state index in [2.05, 4.69) is 0 Å². The number of aliphatic hydroxyl groups is 2. The fraction of sp³-hybridized carbons (Fsp3) is 0.429. The lowest BCUT2D eigenvalue weighted by atomic mass is 9.96. The minimum atomic E-state index is -0.942. The van der Waals surface area contributed by atoms with Gasteiger partial charge >= 0.3 is 0 Å². The van der Waals surface area contributed by atoms with E-state index >= 15 is 0 Å². The van der Waals surface area contributed by atoms with Crippen LogP contribution in [0.3, 0.4) is 0 Å². The van der Waals surface area contributed by atoms with Crippen molar-refractivity contribution in [3.8, 4) is 0 Å². The molecule has 0 aliphatic carbocycles. The topological polar surface area (TPSA) is 95.8 Å². The zero-order chi connectivity index (χ0) is 35.0. The third kappa shape index (κ3) is 11.3. The van der Waals surface area contributed by atoms with Crippen molar-refractivity contribution in [3.63, 3.8) is 0 Å². The van der Waals surface area contributed by atoms with Crippen LogP contribution >= 0.6 is 0 Å². The van der Waals surface area contributed by atoms with E-state index in [1.165, 1.54) is 0 Å². The van der Waals surface area contributed by atoms with Crippen molar-refractivity contribution >= 4 is 0 Å². The molecule has 0 radical (unpaired) electrons. The molecule has 3 unspecified atom stereocenters. The molecule has 2 N–H and O–H groups in total. The van der Waals surface area contributed by atoms with Crippen LogP contribution < -0.4 is 0 Å². The van der Waals surface area contributed by atoms with Gasteiger partial charge in [0, 0.05) is 0 Å². The summed E-state index contributed by atoms with van der Waals surface area (Å²) in [6, 6.07) is 39.5. The highest BCUT2D eigenvalue weighted by Gasteiger charge is 2.47. The van der Waals surface area contributed by atoms with E-state index in [0.717, 1.165) is 28.7 Å². The van der Waals surface area contributed by atoms with Crippen molar-refractivity contribution in [2.75, 3.05) is 6.61 Å². The Labute approximate surface area is 296 Å². The zero-order valence-corrected chi connectivity index (χ0v) is 29.2. The van der Waals surface area contributed by atoms with Gasteiger partial charge in [0.1, 0.15) is 30.5 Å². The molecule has 8 nitrogen and oxygen atoms in total. The monoisotopic (exact) mass is 684 g/mol. The summed E-state index contributed by atoms with van der Waals surface area (Å²) in [5.41, 5.74) is 3.94. The number of benzene rings is 4. The smallest absolute Gasteiger partial charge is 0.186 e. The molecule has 268 valence electrons. The number of aliphatic hydroxyl groups excluding tert-OH is 2. The van der Waals surface area contributed by atoms with Crippen LogP contribution in [0.1, 0.15) is 55.4 Å². The predicted molar refractivity (Wildman–Crippen MR) is 192 cm³/mol. The lowest BCUT2D eigenvalue weighted by Gasteiger charge is -2.44. The van der Waals surface area contributed by atoms with Gasteiger partial charge in [-0.2, -0.15) is 0 Å². The second kappa shape index (κ2) is 20.4. The maximum absolute atomic E-state index is 11.5. The van der Waals surface area contributed by atoms with E-state index in [1.54, 1.807) is 0 Å². The van der Waals surface area contributed by atoms with Gasteiger partial charge in [0.25, 0.3) is 0 Å². The first-order valence-corrected chi connectivity index (χ1v) is 17.8. The highest BCUT2D eigenvalue weighted by molar-refractivity contribution is 5.16. The summed E-state index contributed by atoms with van der Waals surface area (Å²) in [5.74, 6) is 0. The zero-order valence-electron chi connectivity index (χ0n) is 29.2. The Kier molecular flexibility index (Phi) is 15.4. The van der Waals surface area contributed by atoms with E-state index in [1.807, 2.05) is 135 Å². The first-order chi connectivity index (χ1) is 24.6. The van der Waals surface area contributed by atoms with Gasteiger partial charge in [-0.05, 0) is 35.1 Å². The van der Waals surface area contributed by atoms with Crippen LogP contribution in [0.25, 0.3) is 0 Å².